The van der Waals surface area contributed by atoms with Crippen molar-refractivity contribution in [3.05, 3.63) is 29.3 Å². The molecule has 1 aromatic carbocycles. The molecule has 0 aliphatic rings. The molecule has 86 valence electrons. The number of rotatable bonds is 2. The Morgan fingerprint density at radius 1 is 1.31 bits per heavy atom. The first-order chi connectivity index (χ1) is 7.34. The zero-order valence-electron chi connectivity index (χ0n) is 8.76. The van der Waals surface area contributed by atoms with Crippen LogP contribution in [0.5, 0.6) is 0 Å². The third-order valence-corrected chi connectivity index (χ3v) is 1.81. The molecule has 16 heavy (non-hydrogen) atoms. The van der Waals surface area contributed by atoms with Crippen LogP contribution in [0.2, 0.25) is 0 Å². The van der Waals surface area contributed by atoms with Crippen LogP contribution in [0, 0.1) is 11.3 Å². The van der Waals surface area contributed by atoms with Crippen LogP contribution < -0.4 is 5.43 Å². The third-order valence-electron chi connectivity index (χ3n) is 1.81. The van der Waals surface area contributed by atoms with Gasteiger partial charge in [0.2, 0.25) is 0 Å². The Morgan fingerprint density at radius 2 is 1.94 bits per heavy atom. The van der Waals surface area contributed by atoms with Gasteiger partial charge in [-0.2, -0.15) is 18.4 Å². The maximum absolute atomic E-state index is 12.4. The SMILES string of the molecule is CN(C)Nc1ccc(C(F)(F)F)cc1C#N. The Balaban J connectivity index is 3.13. The van der Waals surface area contributed by atoms with Crippen molar-refractivity contribution in [1.29, 1.82) is 5.26 Å². The molecule has 6 heteroatoms. The van der Waals surface area contributed by atoms with E-state index in [2.05, 4.69) is 5.43 Å². The van der Waals surface area contributed by atoms with Gasteiger partial charge in [-0.1, -0.05) is 0 Å². The zero-order chi connectivity index (χ0) is 12.3. The Labute approximate surface area is 91.1 Å². The number of hydrogen-bond acceptors (Lipinski definition) is 3. The highest BCUT2D eigenvalue weighted by Gasteiger charge is 2.31. The lowest BCUT2D eigenvalue weighted by Crippen LogP contribution is -2.20. The molecule has 1 rings (SSSR count). The largest absolute Gasteiger partial charge is 0.416 e. The Morgan fingerprint density at radius 3 is 2.38 bits per heavy atom. The van der Waals surface area contributed by atoms with E-state index in [-0.39, 0.29) is 5.56 Å². The smallest absolute Gasteiger partial charge is 0.318 e. The van der Waals surface area contributed by atoms with Crippen LogP contribution in [-0.2, 0) is 6.18 Å². The lowest BCUT2D eigenvalue weighted by molar-refractivity contribution is -0.137. The van der Waals surface area contributed by atoms with Crippen LogP contribution in [0.4, 0.5) is 18.9 Å². The molecule has 0 heterocycles. The summed E-state index contributed by atoms with van der Waals surface area (Å²) in [5.74, 6) is 0. The van der Waals surface area contributed by atoms with E-state index in [0.29, 0.717) is 5.69 Å². The molecule has 1 aromatic rings. The number of nitriles is 1. The second-order valence-corrected chi connectivity index (χ2v) is 3.38. The number of hydrogen-bond donors (Lipinski definition) is 1. The molecule has 0 atom stereocenters. The summed E-state index contributed by atoms with van der Waals surface area (Å²) < 4.78 is 37.1. The number of nitrogens with one attached hydrogen (secondary N) is 1. The average Bonchev–Trinajstić information content (AvgIpc) is 2.15. The Bertz CT molecular complexity index is 418. The molecule has 0 aliphatic heterocycles. The molecule has 3 nitrogen and oxygen atoms in total. The molecule has 0 amide bonds. The summed E-state index contributed by atoms with van der Waals surface area (Å²) in [4.78, 5) is 0. The van der Waals surface area contributed by atoms with Gasteiger partial charge in [-0.05, 0) is 18.2 Å². The lowest BCUT2D eigenvalue weighted by Gasteiger charge is -2.15. The zero-order valence-corrected chi connectivity index (χ0v) is 8.76. The number of hydrazine groups is 1. The highest BCUT2D eigenvalue weighted by Crippen LogP contribution is 2.31. The normalized spacial score (nSPS) is 11.3. The minimum Gasteiger partial charge on any atom is -0.318 e. The molecule has 0 saturated heterocycles. The highest BCUT2D eigenvalue weighted by atomic mass is 19.4. The average molecular weight is 229 g/mol. The van der Waals surface area contributed by atoms with E-state index in [0.717, 1.165) is 12.1 Å². The van der Waals surface area contributed by atoms with Gasteiger partial charge in [0, 0.05) is 14.1 Å². The minimum absolute atomic E-state index is 0.0384. The monoisotopic (exact) mass is 229 g/mol. The standard InChI is InChI=1S/C10H10F3N3/c1-16(2)15-9-4-3-8(10(11,12)13)5-7(9)6-14/h3-5,15H,1-2H3. The second kappa shape index (κ2) is 4.41. The van der Waals surface area contributed by atoms with Gasteiger partial charge in [0.15, 0.2) is 0 Å². The van der Waals surface area contributed by atoms with Gasteiger partial charge < -0.3 is 5.43 Å². The number of halogens is 3. The first-order valence-electron chi connectivity index (χ1n) is 4.40. The van der Waals surface area contributed by atoms with Gasteiger partial charge in [-0.3, -0.25) is 0 Å². The van der Waals surface area contributed by atoms with Crippen LogP contribution >= 0.6 is 0 Å². The molecule has 0 fully saturated rings. The van der Waals surface area contributed by atoms with Crippen molar-refractivity contribution in [2.45, 2.75) is 6.18 Å². The number of anilines is 1. The van der Waals surface area contributed by atoms with Crippen LogP contribution in [0.15, 0.2) is 18.2 Å². The first-order valence-corrected chi connectivity index (χ1v) is 4.40. The summed E-state index contributed by atoms with van der Waals surface area (Å²) in [6.45, 7) is 0. The van der Waals surface area contributed by atoms with E-state index in [1.165, 1.54) is 6.07 Å². The molecule has 0 bridgehead atoms. The quantitative estimate of drug-likeness (QED) is 0.792. The van der Waals surface area contributed by atoms with Crippen molar-refractivity contribution in [3.8, 4) is 6.07 Å². The van der Waals surface area contributed by atoms with Gasteiger partial charge >= 0.3 is 6.18 Å². The maximum atomic E-state index is 12.4. The van der Waals surface area contributed by atoms with Crippen LogP contribution in [-0.4, -0.2) is 19.1 Å². The summed E-state index contributed by atoms with van der Waals surface area (Å²) in [5, 5.41) is 10.3. The van der Waals surface area contributed by atoms with Crippen molar-refractivity contribution >= 4 is 5.69 Å². The van der Waals surface area contributed by atoms with Crippen molar-refractivity contribution in [1.82, 2.24) is 5.01 Å². The molecule has 0 spiro atoms. The summed E-state index contributed by atoms with van der Waals surface area (Å²) in [5.41, 5.74) is 2.23. The number of benzene rings is 1. The summed E-state index contributed by atoms with van der Waals surface area (Å²) >= 11 is 0. The summed E-state index contributed by atoms with van der Waals surface area (Å²) in [7, 11) is 3.36. The summed E-state index contributed by atoms with van der Waals surface area (Å²) in [6.07, 6.45) is -4.43. The molecule has 0 aromatic heterocycles. The van der Waals surface area contributed by atoms with Crippen molar-refractivity contribution < 1.29 is 13.2 Å². The minimum atomic E-state index is -4.43. The molecular formula is C10H10F3N3. The fourth-order valence-corrected chi connectivity index (χ4v) is 1.15. The molecular weight excluding hydrogens is 219 g/mol. The first kappa shape index (κ1) is 12.3. The van der Waals surface area contributed by atoms with Gasteiger partial charge in [-0.15, -0.1) is 0 Å². The number of alkyl halides is 3. The van der Waals surface area contributed by atoms with Crippen LogP contribution in [0.25, 0.3) is 0 Å². The molecule has 0 unspecified atom stereocenters. The molecule has 0 aliphatic carbocycles. The van der Waals surface area contributed by atoms with E-state index >= 15 is 0 Å². The van der Waals surface area contributed by atoms with E-state index in [9.17, 15) is 13.2 Å². The highest BCUT2D eigenvalue weighted by molar-refractivity contribution is 5.58. The van der Waals surface area contributed by atoms with E-state index in [1.54, 1.807) is 25.2 Å². The van der Waals surface area contributed by atoms with Crippen molar-refractivity contribution in [3.63, 3.8) is 0 Å². The van der Waals surface area contributed by atoms with Gasteiger partial charge in [0.1, 0.15) is 6.07 Å². The van der Waals surface area contributed by atoms with Gasteiger partial charge in [0.05, 0.1) is 16.8 Å². The predicted octanol–water partition coefficient (Wildman–Crippen LogP) is 2.47. The van der Waals surface area contributed by atoms with E-state index < -0.39 is 11.7 Å². The second-order valence-electron chi connectivity index (χ2n) is 3.38. The van der Waals surface area contributed by atoms with Crippen molar-refractivity contribution in [2.75, 3.05) is 19.5 Å². The Hall–Kier alpha value is -1.74. The molecule has 1 N–H and O–H groups in total. The van der Waals surface area contributed by atoms with Crippen molar-refractivity contribution in [2.24, 2.45) is 0 Å². The van der Waals surface area contributed by atoms with E-state index in [1.807, 2.05) is 0 Å². The van der Waals surface area contributed by atoms with Gasteiger partial charge in [-0.25, -0.2) is 5.01 Å². The predicted molar refractivity (Wildman–Crippen MR) is 53.5 cm³/mol. The van der Waals surface area contributed by atoms with Gasteiger partial charge in [0.25, 0.3) is 0 Å². The fourth-order valence-electron chi connectivity index (χ4n) is 1.15. The third kappa shape index (κ3) is 2.87. The van der Waals surface area contributed by atoms with Crippen LogP contribution in [0.3, 0.4) is 0 Å². The number of nitrogens with zero attached hydrogens (tertiary/aromatic N) is 2. The molecule has 0 saturated carbocycles. The molecule has 0 radical (unpaired) electrons. The Kier molecular flexibility index (Phi) is 3.40. The van der Waals surface area contributed by atoms with E-state index in [4.69, 9.17) is 5.26 Å². The summed E-state index contributed by atoms with van der Waals surface area (Å²) in [6, 6.07) is 4.72. The topological polar surface area (TPSA) is 39.1 Å². The lowest BCUT2D eigenvalue weighted by atomic mass is 10.1. The van der Waals surface area contributed by atoms with Crippen LogP contribution in [0.1, 0.15) is 11.1 Å². The fraction of sp³-hybridized carbons (Fsp3) is 0.300. The maximum Gasteiger partial charge on any atom is 0.416 e.